The summed E-state index contributed by atoms with van der Waals surface area (Å²) in [5, 5.41) is 2.74. The van der Waals surface area contributed by atoms with Gasteiger partial charge in [-0.15, -0.1) is 0 Å². The van der Waals surface area contributed by atoms with Gasteiger partial charge in [-0.3, -0.25) is 4.79 Å². The van der Waals surface area contributed by atoms with Crippen molar-refractivity contribution in [1.82, 2.24) is 5.32 Å². The Morgan fingerprint density at radius 1 is 1.26 bits per heavy atom. The number of ether oxygens (including phenoxy) is 1. The molecule has 1 atom stereocenters. The first kappa shape index (κ1) is 17.7. The molecule has 4 heteroatoms. The number of hydrogen-bond acceptors (Lipinski definition) is 3. The van der Waals surface area contributed by atoms with Crippen LogP contribution in [0.25, 0.3) is 0 Å². The molecule has 0 radical (unpaired) electrons. The van der Waals surface area contributed by atoms with Gasteiger partial charge in [0.25, 0.3) is 0 Å². The lowest BCUT2D eigenvalue weighted by atomic mass is 10.0. The minimum Gasteiger partial charge on any atom is -0.458 e. The third kappa shape index (κ3) is 6.99. The van der Waals surface area contributed by atoms with Crippen molar-refractivity contribution < 1.29 is 14.3 Å². The molecule has 0 aliphatic heterocycles. The lowest BCUT2D eigenvalue weighted by molar-refractivity contribution is -0.159. The molecular formula is C15H27NO3. The van der Waals surface area contributed by atoms with Gasteiger partial charge in [0.2, 0.25) is 5.91 Å². The zero-order chi connectivity index (χ0) is 15.2. The molecule has 0 heterocycles. The molecule has 19 heavy (non-hydrogen) atoms. The number of amides is 1. The van der Waals surface area contributed by atoms with Crippen LogP contribution in [0.15, 0.2) is 11.6 Å². The van der Waals surface area contributed by atoms with E-state index in [0.717, 1.165) is 6.42 Å². The van der Waals surface area contributed by atoms with Crippen molar-refractivity contribution in [2.45, 2.75) is 66.5 Å². The molecule has 110 valence electrons. The summed E-state index contributed by atoms with van der Waals surface area (Å²) in [5.74, 6) is -0.625. The van der Waals surface area contributed by atoms with Crippen LogP contribution < -0.4 is 5.32 Å². The van der Waals surface area contributed by atoms with Crippen molar-refractivity contribution >= 4 is 11.9 Å². The first-order valence-corrected chi connectivity index (χ1v) is 6.79. The molecule has 0 fully saturated rings. The van der Waals surface area contributed by atoms with Gasteiger partial charge in [-0.25, -0.2) is 4.79 Å². The third-order valence-corrected chi connectivity index (χ3v) is 2.48. The fourth-order valence-electron chi connectivity index (χ4n) is 1.52. The van der Waals surface area contributed by atoms with Gasteiger partial charge in [0, 0.05) is 5.57 Å². The smallest absolute Gasteiger partial charge is 0.329 e. The van der Waals surface area contributed by atoms with Crippen LogP contribution in [0.2, 0.25) is 0 Å². The maximum absolute atomic E-state index is 12.1. The second-order valence-electron chi connectivity index (χ2n) is 6.02. The number of allylic oxidation sites excluding steroid dienone is 1. The fraction of sp³-hybridized carbons (Fsp3) is 0.733. The summed E-state index contributed by atoms with van der Waals surface area (Å²) in [7, 11) is 0. The number of rotatable bonds is 5. The SMILES string of the molecule is CC/C=C(/C)C(=O)N[C@H](C(=O)OC(C)(C)C)C(C)C. The zero-order valence-electron chi connectivity index (χ0n) is 13.2. The van der Waals surface area contributed by atoms with E-state index in [2.05, 4.69) is 5.32 Å². The highest BCUT2D eigenvalue weighted by Crippen LogP contribution is 2.13. The standard InChI is InChI=1S/C15H27NO3/c1-8-9-11(4)13(17)16-12(10(2)3)14(18)19-15(5,6)7/h9-10,12H,8H2,1-7H3,(H,16,17)/b11-9-/t12-/m0/s1. The van der Waals surface area contributed by atoms with E-state index in [4.69, 9.17) is 4.74 Å². The van der Waals surface area contributed by atoms with Gasteiger partial charge in [0.05, 0.1) is 0 Å². The van der Waals surface area contributed by atoms with Gasteiger partial charge in [-0.1, -0.05) is 26.8 Å². The predicted molar refractivity (Wildman–Crippen MR) is 76.7 cm³/mol. The Kier molecular flexibility index (Phi) is 6.81. The van der Waals surface area contributed by atoms with E-state index in [1.54, 1.807) is 6.92 Å². The lowest BCUT2D eigenvalue weighted by Gasteiger charge is -2.26. The second kappa shape index (κ2) is 7.31. The topological polar surface area (TPSA) is 55.4 Å². The minimum absolute atomic E-state index is 0.0202. The van der Waals surface area contributed by atoms with Crippen molar-refractivity contribution in [3.05, 3.63) is 11.6 Å². The van der Waals surface area contributed by atoms with Gasteiger partial charge in [0.1, 0.15) is 11.6 Å². The minimum atomic E-state index is -0.619. The molecule has 0 aromatic heterocycles. The van der Waals surface area contributed by atoms with Crippen molar-refractivity contribution in [1.29, 1.82) is 0 Å². The Balaban J connectivity index is 4.81. The van der Waals surface area contributed by atoms with Gasteiger partial charge in [0.15, 0.2) is 0 Å². The zero-order valence-corrected chi connectivity index (χ0v) is 13.2. The first-order chi connectivity index (χ1) is 8.58. The monoisotopic (exact) mass is 269 g/mol. The summed E-state index contributed by atoms with van der Waals surface area (Å²) in [4.78, 5) is 24.0. The summed E-state index contributed by atoms with van der Waals surface area (Å²) in [6.45, 7) is 12.9. The van der Waals surface area contributed by atoms with E-state index in [1.807, 2.05) is 47.6 Å². The molecule has 0 unspecified atom stereocenters. The van der Waals surface area contributed by atoms with E-state index in [-0.39, 0.29) is 17.8 Å². The van der Waals surface area contributed by atoms with E-state index in [0.29, 0.717) is 5.57 Å². The number of carbonyl (C=O) groups excluding carboxylic acids is 2. The number of nitrogens with one attached hydrogen (secondary N) is 1. The van der Waals surface area contributed by atoms with Crippen LogP contribution in [-0.2, 0) is 14.3 Å². The van der Waals surface area contributed by atoms with E-state index < -0.39 is 11.6 Å². The number of carbonyl (C=O) groups is 2. The van der Waals surface area contributed by atoms with Gasteiger partial charge in [-0.05, 0) is 40.0 Å². The normalized spacial score (nSPS) is 14.2. The Morgan fingerprint density at radius 3 is 2.16 bits per heavy atom. The highest BCUT2D eigenvalue weighted by Gasteiger charge is 2.29. The molecule has 0 saturated heterocycles. The van der Waals surface area contributed by atoms with Crippen LogP contribution in [-0.4, -0.2) is 23.5 Å². The van der Waals surface area contributed by atoms with E-state index >= 15 is 0 Å². The van der Waals surface area contributed by atoms with Crippen LogP contribution in [0.3, 0.4) is 0 Å². The Morgan fingerprint density at radius 2 is 1.79 bits per heavy atom. The summed E-state index contributed by atoms with van der Waals surface area (Å²) in [6, 6.07) is -0.619. The molecule has 0 aromatic carbocycles. The molecule has 4 nitrogen and oxygen atoms in total. The van der Waals surface area contributed by atoms with Crippen molar-refractivity contribution in [2.75, 3.05) is 0 Å². The third-order valence-electron chi connectivity index (χ3n) is 2.48. The van der Waals surface area contributed by atoms with Crippen LogP contribution in [0, 0.1) is 5.92 Å². The van der Waals surface area contributed by atoms with Crippen LogP contribution in [0.4, 0.5) is 0 Å². The van der Waals surface area contributed by atoms with Gasteiger partial charge in [-0.2, -0.15) is 0 Å². The highest BCUT2D eigenvalue weighted by molar-refractivity contribution is 5.95. The molecule has 0 aliphatic carbocycles. The van der Waals surface area contributed by atoms with Crippen molar-refractivity contribution in [3.63, 3.8) is 0 Å². The largest absolute Gasteiger partial charge is 0.458 e. The van der Waals surface area contributed by atoms with Crippen LogP contribution in [0.5, 0.6) is 0 Å². The van der Waals surface area contributed by atoms with Gasteiger partial charge < -0.3 is 10.1 Å². The van der Waals surface area contributed by atoms with Crippen LogP contribution >= 0.6 is 0 Å². The summed E-state index contributed by atoms with van der Waals surface area (Å²) < 4.78 is 5.33. The summed E-state index contributed by atoms with van der Waals surface area (Å²) in [6.07, 6.45) is 2.62. The molecule has 1 N–H and O–H groups in total. The number of hydrogen-bond donors (Lipinski definition) is 1. The van der Waals surface area contributed by atoms with Crippen molar-refractivity contribution in [3.8, 4) is 0 Å². The average molecular weight is 269 g/mol. The fourth-order valence-corrected chi connectivity index (χ4v) is 1.52. The predicted octanol–water partition coefficient (Wildman–Crippen LogP) is 2.83. The molecule has 0 aliphatic rings. The molecule has 0 aromatic rings. The molecular weight excluding hydrogens is 242 g/mol. The number of esters is 1. The Labute approximate surface area is 116 Å². The van der Waals surface area contributed by atoms with E-state index in [1.165, 1.54) is 0 Å². The summed E-state index contributed by atoms with van der Waals surface area (Å²) in [5.41, 5.74) is 0.0696. The molecule has 0 bridgehead atoms. The van der Waals surface area contributed by atoms with Crippen molar-refractivity contribution in [2.24, 2.45) is 5.92 Å². The Bertz CT molecular complexity index is 351. The maximum Gasteiger partial charge on any atom is 0.329 e. The molecule has 0 spiro atoms. The second-order valence-corrected chi connectivity index (χ2v) is 6.02. The molecule has 0 saturated carbocycles. The average Bonchev–Trinajstić information content (AvgIpc) is 2.22. The quantitative estimate of drug-likeness (QED) is 0.617. The molecule has 1 amide bonds. The Hall–Kier alpha value is -1.32. The lowest BCUT2D eigenvalue weighted by Crippen LogP contribution is -2.47. The van der Waals surface area contributed by atoms with Crippen LogP contribution in [0.1, 0.15) is 54.9 Å². The van der Waals surface area contributed by atoms with E-state index in [9.17, 15) is 9.59 Å². The van der Waals surface area contributed by atoms with Gasteiger partial charge >= 0.3 is 5.97 Å². The first-order valence-electron chi connectivity index (χ1n) is 6.79. The maximum atomic E-state index is 12.1. The highest BCUT2D eigenvalue weighted by atomic mass is 16.6. The molecule has 0 rings (SSSR count). The summed E-state index contributed by atoms with van der Waals surface area (Å²) >= 11 is 0.